The lowest BCUT2D eigenvalue weighted by molar-refractivity contribution is 0.00694. The second-order valence-corrected chi connectivity index (χ2v) is 9.23. The summed E-state index contributed by atoms with van der Waals surface area (Å²) in [6.07, 6.45) is 3.26. The van der Waals surface area contributed by atoms with Crippen LogP contribution in [0.2, 0.25) is 0 Å². The number of fused-ring (bicyclic) bond motifs is 3. The number of hydrogen-bond acceptors (Lipinski definition) is 4. The summed E-state index contributed by atoms with van der Waals surface area (Å²) in [5, 5.41) is 2.76. The van der Waals surface area contributed by atoms with E-state index in [0.717, 1.165) is 5.56 Å². The second kappa shape index (κ2) is 9.96. The predicted octanol–water partition coefficient (Wildman–Crippen LogP) is 6.19. The highest BCUT2D eigenvalue weighted by Crippen LogP contribution is 2.44. The molecule has 0 heterocycles. The number of rotatable bonds is 6. The van der Waals surface area contributed by atoms with Gasteiger partial charge in [0.05, 0.1) is 5.56 Å². The van der Waals surface area contributed by atoms with Crippen molar-refractivity contribution >= 4 is 18.1 Å². The monoisotopic (exact) mass is 455 g/mol. The molecule has 0 fully saturated rings. The first kappa shape index (κ1) is 23.3. The van der Waals surface area contributed by atoms with Gasteiger partial charge in [-0.15, -0.1) is 0 Å². The largest absolute Gasteiger partial charge is 0.456 e. The third-order valence-corrected chi connectivity index (χ3v) is 5.56. The lowest BCUT2D eigenvalue weighted by Gasteiger charge is -2.19. The second-order valence-electron chi connectivity index (χ2n) is 9.23. The molecule has 0 atom stereocenters. The van der Waals surface area contributed by atoms with Gasteiger partial charge in [-0.3, -0.25) is 0 Å². The summed E-state index contributed by atoms with van der Waals surface area (Å²) in [7, 11) is 0. The van der Waals surface area contributed by atoms with E-state index in [1.807, 2.05) is 69.3 Å². The minimum atomic E-state index is -0.527. The van der Waals surface area contributed by atoms with Crippen molar-refractivity contribution in [2.24, 2.45) is 0 Å². The molecule has 0 aliphatic heterocycles. The molecule has 0 spiro atoms. The van der Waals surface area contributed by atoms with Gasteiger partial charge in [-0.1, -0.05) is 72.8 Å². The van der Waals surface area contributed by atoms with Crippen molar-refractivity contribution < 1.29 is 19.1 Å². The number of nitrogens with one attached hydrogen (secondary N) is 1. The molecule has 0 aromatic heterocycles. The minimum Gasteiger partial charge on any atom is -0.456 e. The third-order valence-electron chi connectivity index (χ3n) is 5.56. The molecule has 0 radical (unpaired) electrons. The van der Waals surface area contributed by atoms with Gasteiger partial charge in [-0.25, -0.2) is 9.59 Å². The third kappa shape index (κ3) is 5.54. The van der Waals surface area contributed by atoms with Crippen molar-refractivity contribution in [2.45, 2.75) is 32.3 Å². The fraction of sp³-hybridized carbons (Fsp3) is 0.241. The maximum absolute atomic E-state index is 12.3. The molecule has 34 heavy (non-hydrogen) atoms. The van der Waals surface area contributed by atoms with Crippen molar-refractivity contribution in [3.8, 4) is 11.1 Å². The number of carbonyl (C=O) groups excluding carboxylic acids is 2. The van der Waals surface area contributed by atoms with Gasteiger partial charge in [0.2, 0.25) is 0 Å². The first-order valence-electron chi connectivity index (χ1n) is 11.4. The van der Waals surface area contributed by atoms with Crippen molar-refractivity contribution in [1.82, 2.24) is 5.32 Å². The summed E-state index contributed by atoms with van der Waals surface area (Å²) >= 11 is 0. The van der Waals surface area contributed by atoms with Gasteiger partial charge in [0.15, 0.2) is 0 Å². The SMILES string of the molecule is CC(C)(C)OC(=O)c1ccc(C=CCNC(=O)OCC2c3ccccc3-c3ccccc32)cc1. The number of carbonyl (C=O) groups is 2. The average Bonchev–Trinajstić information content (AvgIpc) is 3.13. The lowest BCUT2D eigenvalue weighted by atomic mass is 9.98. The number of esters is 1. The van der Waals surface area contributed by atoms with Crippen LogP contribution in [0.1, 0.15) is 53.7 Å². The zero-order valence-electron chi connectivity index (χ0n) is 19.7. The van der Waals surface area contributed by atoms with Crippen molar-refractivity contribution in [3.05, 3.63) is 101 Å². The van der Waals surface area contributed by atoms with Crippen LogP contribution in [-0.2, 0) is 9.47 Å². The molecular weight excluding hydrogens is 426 g/mol. The van der Waals surface area contributed by atoms with Crippen LogP contribution in [0.25, 0.3) is 17.2 Å². The van der Waals surface area contributed by atoms with Gasteiger partial charge in [0.1, 0.15) is 12.2 Å². The van der Waals surface area contributed by atoms with Crippen LogP contribution in [-0.4, -0.2) is 30.8 Å². The van der Waals surface area contributed by atoms with Crippen LogP contribution in [0.15, 0.2) is 78.9 Å². The smallest absolute Gasteiger partial charge is 0.407 e. The topological polar surface area (TPSA) is 64.6 Å². The Morgan fingerprint density at radius 3 is 2.06 bits per heavy atom. The molecule has 5 nitrogen and oxygen atoms in total. The summed E-state index contributed by atoms with van der Waals surface area (Å²) in [6.45, 7) is 6.14. The van der Waals surface area contributed by atoms with Crippen LogP contribution < -0.4 is 5.32 Å². The molecule has 1 N–H and O–H groups in total. The Bertz CT molecular complexity index is 1160. The highest BCUT2D eigenvalue weighted by Gasteiger charge is 2.28. The zero-order valence-corrected chi connectivity index (χ0v) is 19.7. The van der Waals surface area contributed by atoms with Crippen LogP contribution in [0.4, 0.5) is 4.79 Å². The molecule has 4 rings (SSSR count). The van der Waals surface area contributed by atoms with E-state index in [-0.39, 0.29) is 18.5 Å². The van der Waals surface area contributed by atoms with E-state index in [0.29, 0.717) is 12.1 Å². The van der Waals surface area contributed by atoms with Gasteiger partial charge in [0.25, 0.3) is 0 Å². The van der Waals surface area contributed by atoms with E-state index in [9.17, 15) is 9.59 Å². The molecule has 0 saturated carbocycles. The number of benzene rings is 3. The van der Waals surface area contributed by atoms with Gasteiger partial charge in [-0.05, 0) is 60.7 Å². The van der Waals surface area contributed by atoms with Gasteiger partial charge in [-0.2, -0.15) is 0 Å². The van der Waals surface area contributed by atoms with E-state index >= 15 is 0 Å². The van der Waals surface area contributed by atoms with E-state index in [1.165, 1.54) is 22.3 Å². The highest BCUT2D eigenvalue weighted by atomic mass is 16.6. The number of hydrogen-bond donors (Lipinski definition) is 1. The van der Waals surface area contributed by atoms with E-state index in [4.69, 9.17) is 9.47 Å². The van der Waals surface area contributed by atoms with Gasteiger partial charge in [0, 0.05) is 12.5 Å². The first-order valence-corrected chi connectivity index (χ1v) is 11.4. The molecule has 1 aliphatic rings. The Labute approximate surface area is 200 Å². The number of ether oxygens (including phenoxy) is 2. The summed E-state index contributed by atoms with van der Waals surface area (Å²) in [5.41, 5.74) is 5.67. The Hall–Kier alpha value is -3.86. The molecule has 3 aromatic carbocycles. The molecule has 0 unspecified atom stereocenters. The van der Waals surface area contributed by atoms with Crippen LogP contribution in [0.5, 0.6) is 0 Å². The maximum atomic E-state index is 12.3. The molecular formula is C29H29NO4. The van der Waals surface area contributed by atoms with E-state index in [2.05, 4.69) is 29.6 Å². The summed E-state index contributed by atoms with van der Waals surface area (Å²) in [5.74, 6) is -0.308. The van der Waals surface area contributed by atoms with Crippen LogP contribution in [0.3, 0.4) is 0 Å². The van der Waals surface area contributed by atoms with Crippen molar-refractivity contribution in [3.63, 3.8) is 0 Å². The molecule has 5 heteroatoms. The molecule has 0 bridgehead atoms. The molecule has 0 saturated heterocycles. The first-order chi connectivity index (χ1) is 16.3. The standard InChI is InChI=1S/C29H29NO4/c1-29(2,3)34-27(31)21-16-14-20(15-17-21)9-8-18-30-28(32)33-19-26-24-12-6-4-10-22(24)23-11-5-7-13-25(23)26/h4-17,26H,18-19H2,1-3H3,(H,30,32). The Morgan fingerprint density at radius 1 is 0.882 bits per heavy atom. The highest BCUT2D eigenvalue weighted by molar-refractivity contribution is 5.90. The van der Waals surface area contributed by atoms with Crippen LogP contribution >= 0.6 is 0 Å². The maximum Gasteiger partial charge on any atom is 0.407 e. The van der Waals surface area contributed by atoms with Gasteiger partial charge < -0.3 is 14.8 Å². The summed E-state index contributed by atoms with van der Waals surface area (Å²) < 4.78 is 10.9. The van der Waals surface area contributed by atoms with Gasteiger partial charge >= 0.3 is 12.1 Å². The fourth-order valence-electron chi connectivity index (χ4n) is 4.05. The normalized spacial score (nSPS) is 12.8. The average molecular weight is 456 g/mol. The number of alkyl carbamates (subject to hydrolysis) is 1. The minimum absolute atomic E-state index is 0.0391. The van der Waals surface area contributed by atoms with E-state index < -0.39 is 11.7 Å². The Morgan fingerprint density at radius 2 is 1.47 bits per heavy atom. The van der Waals surface area contributed by atoms with Crippen LogP contribution in [0, 0.1) is 0 Å². The molecule has 174 valence electrons. The zero-order chi connectivity index (χ0) is 24.1. The Balaban J connectivity index is 1.26. The summed E-state index contributed by atoms with van der Waals surface area (Å²) in [4.78, 5) is 24.3. The molecule has 1 amide bonds. The lowest BCUT2D eigenvalue weighted by Crippen LogP contribution is -2.26. The predicted molar refractivity (Wildman–Crippen MR) is 134 cm³/mol. The Kier molecular flexibility index (Phi) is 6.82. The summed E-state index contributed by atoms with van der Waals surface area (Å²) in [6, 6.07) is 23.6. The van der Waals surface area contributed by atoms with Crippen molar-refractivity contribution in [2.75, 3.05) is 13.2 Å². The molecule has 3 aromatic rings. The number of amides is 1. The quantitative estimate of drug-likeness (QED) is 0.450. The molecule has 1 aliphatic carbocycles. The van der Waals surface area contributed by atoms with Crippen molar-refractivity contribution in [1.29, 1.82) is 0 Å². The fourth-order valence-corrected chi connectivity index (χ4v) is 4.05. The van der Waals surface area contributed by atoms with E-state index in [1.54, 1.807) is 12.1 Å².